The number of aliphatic hydroxyl groups excluding tert-OH is 1. The van der Waals surface area contributed by atoms with E-state index in [9.17, 15) is 20.0 Å². The molecule has 1 N–H and O–H groups in total. The highest BCUT2D eigenvalue weighted by Gasteiger charge is 2.28. The number of hydrogen-bond donors (Lipinski definition) is 1. The van der Waals surface area contributed by atoms with Crippen molar-refractivity contribution in [3.05, 3.63) is 22.3 Å². The van der Waals surface area contributed by atoms with Gasteiger partial charge in [-0.25, -0.2) is 0 Å². The van der Waals surface area contributed by atoms with E-state index < -0.39 is 17.1 Å². The smallest absolute Gasteiger partial charge is 0.293 e. The van der Waals surface area contributed by atoms with Crippen molar-refractivity contribution in [3.8, 4) is 0 Å². The largest absolute Gasteiger partial charge is 0.468 e. The van der Waals surface area contributed by atoms with Gasteiger partial charge in [-0.3, -0.25) is 14.9 Å². The maximum atomic E-state index is 10.6. The highest BCUT2D eigenvalue weighted by atomic mass is 16.6. The first-order valence-electron chi connectivity index (χ1n) is 5.15. The Labute approximate surface area is 94.1 Å². The number of carbonyl (C=O) groups excluding carboxylic acids is 1. The Balaban J connectivity index is 4.12. The van der Waals surface area contributed by atoms with Crippen molar-refractivity contribution in [2.45, 2.75) is 38.3 Å². The van der Waals surface area contributed by atoms with Crippen molar-refractivity contribution in [1.82, 2.24) is 0 Å². The molecule has 0 heterocycles. The molecule has 2 unspecified atom stereocenters. The minimum absolute atomic E-state index is 0.0207. The van der Waals surface area contributed by atoms with Crippen LogP contribution in [0, 0.1) is 10.1 Å². The molecule has 0 fully saturated rings. The number of nitrogens with zero attached hydrogens (tertiary/aromatic N) is 1. The fourth-order valence-electron chi connectivity index (χ4n) is 1.23. The van der Waals surface area contributed by atoms with Crippen molar-refractivity contribution in [2.75, 3.05) is 6.61 Å². The van der Waals surface area contributed by atoms with Gasteiger partial charge in [0.05, 0.1) is 13.0 Å². The number of hydrogen-bond acceptors (Lipinski definition) is 5. The number of ether oxygens (including phenoxy) is 1. The van der Waals surface area contributed by atoms with Crippen LogP contribution in [0.15, 0.2) is 12.2 Å². The molecule has 0 aromatic rings. The Morgan fingerprint density at radius 1 is 1.50 bits per heavy atom. The second-order valence-electron chi connectivity index (χ2n) is 3.29. The van der Waals surface area contributed by atoms with Gasteiger partial charge in [-0.2, -0.15) is 0 Å². The zero-order valence-corrected chi connectivity index (χ0v) is 9.24. The summed E-state index contributed by atoms with van der Waals surface area (Å²) < 4.78 is 4.38. The second-order valence-corrected chi connectivity index (χ2v) is 3.29. The third-order valence-electron chi connectivity index (χ3n) is 2.09. The highest BCUT2D eigenvalue weighted by molar-refractivity contribution is 5.36. The van der Waals surface area contributed by atoms with Crippen molar-refractivity contribution in [3.63, 3.8) is 0 Å². The Bertz CT molecular complexity index is 241. The van der Waals surface area contributed by atoms with Crippen LogP contribution >= 0.6 is 0 Å². The average molecular weight is 231 g/mol. The first-order chi connectivity index (χ1) is 7.63. The summed E-state index contributed by atoms with van der Waals surface area (Å²) in [5.74, 6) is 0. The predicted molar refractivity (Wildman–Crippen MR) is 57.5 cm³/mol. The average Bonchev–Trinajstić information content (AvgIpc) is 2.24. The normalized spacial score (nSPS) is 14.6. The number of nitro groups is 1. The fraction of sp³-hybridized carbons (Fsp3) is 0.700. The molecule has 0 aromatic heterocycles. The van der Waals surface area contributed by atoms with E-state index in [2.05, 4.69) is 4.74 Å². The van der Waals surface area contributed by atoms with Gasteiger partial charge in [0, 0.05) is 4.92 Å². The van der Waals surface area contributed by atoms with Crippen LogP contribution in [0.25, 0.3) is 0 Å². The summed E-state index contributed by atoms with van der Waals surface area (Å²) in [4.78, 5) is 20.0. The van der Waals surface area contributed by atoms with Crippen LogP contribution in [0.5, 0.6) is 0 Å². The molecule has 0 aliphatic carbocycles. The van der Waals surface area contributed by atoms with Crippen molar-refractivity contribution < 1.29 is 19.6 Å². The molecular formula is C10H17NO5. The van der Waals surface area contributed by atoms with Crippen LogP contribution in [0.2, 0.25) is 0 Å². The molecule has 0 saturated heterocycles. The Hall–Kier alpha value is -1.43. The van der Waals surface area contributed by atoms with Gasteiger partial charge in [0.2, 0.25) is 6.04 Å². The molecule has 6 heteroatoms. The maximum Gasteiger partial charge on any atom is 0.293 e. The molecule has 92 valence electrons. The van der Waals surface area contributed by atoms with E-state index in [4.69, 9.17) is 0 Å². The monoisotopic (exact) mass is 231 g/mol. The molecule has 0 spiro atoms. The van der Waals surface area contributed by atoms with Crippen molar-refractivity contribution in [1.29, 1.82) is 0 Å². The summed E-state index contributed by atoms with van der Waals surface area (Å²) >= 11 is 0. The van der Waals surface area contributed by atoms with Gasteiger partial charge in [-0.1, -0.05) is 19.1 Å². The summed E-state index contributed by atoms with van der Waals surface area (Å²) in [5, 5.41) is 20.2. The Morgan fingerprint density at radius 2 is 2.19 bits per heavy atom. The van der Waals surface area contributed by atoms with Crippen LogP contribution in [0.3, 0.4) is 0 Å². The summed E-state index contributed by atoms with van der Waals surface area (Å²) in [7, 11) is 0. The minimum atomic E-state index is -1.10. The van der Waals surface area contributed by atoms with E-state index in [0.717, 1.165) is 6.42 Å². The van der Waals surface area contributed by atoms with E-state index in [1.54, 1.807) is 6.08 Å². The summed E-state index contributed by atoms with van der Waals surface area (Å²) in [6.07, 6.45) is 3.58. The van der Waals surface area contributed by atoms with Gasteiger partial charge in [0.25, 0.3) is 6.47 Å². The number of allylic oxidation sites excluding steroid dienone is 1. The molecule has 0 aliphatic heterocycles. The molecule has 2 atom stereocenters. The second kappa shape index (κ2) is 8.84. The lowest BCUT2D eigenvalue weighted by atomic mass is 10.1. The maximum absolute atomic E-state index is 10.6. The van der Waals surface area contributed by atoms with Gasteiger partial charge < -0.3 is 9.84 Å². The van der Waals surface area contributed by atoms with E-state index in [-0.39, 0.29) is 25.9 Å². The van der Waals surface area contributed by atoms with Gasteiger partial charge >= 0.3 is 0 Å². The van der Waals surface area contributed by atoms with Gasteiger partial charge in [0.15, 0.2) is 0 Å². The lowest BCUT2D eigenvalue weighted by Gasteiger charge is -2.13. The quantitative estimate of drug-likeness (QED) is 0.209. The predicted octanol–water partition coefficient (Wildman–Crippen LogP) is 0.912. The minimum Gasteiger partial charge on any atom is -0.468 e. The molecule has 0 aliphatic rings. The molecule has 0 bridgehead atoms. The molecule has 16 heavy (non-hydrogen) atoms. The molecule has 6 nitrogen and oxygen atoms in total. The number of aliphatic hydroxyl groups is 1. The van der Waals surface area contributed by atoms with Crippen LogP contribution in [0.1, 0.15) is 26.2 Å². The van der Waals surface area contributed by atoms with Crippen molar-refractivity contribution >= 4 is 6.47 Å². The van der Waals surface area contributed by atoms with Crippen molar-refractivity contribution in [2.24, 2.45) is 0 Å². The topological polar surface area (TPSA) is 89.7 Å². The summed E-state index contributed by atoms with van der Waals surface area (Å²) in [6.45, 7) is 2.12. The molecule has 0 rings (SSSR count). The molecule has 0 radical (unpaired) electrons. The third-order valence-corrected chi connectivity index (χ3v) is 2.09. The SMILES string of the molecule is CC/C=C\CC(O)C(CCOC=O)[N+](=O)[O-]. The van der Waals surface area contributed by atoms with Crippen LogP contribution in [0.4, 0.5) is 0 Å². The first-order valence-corrected chi connectivity index (χ1v) is 5.15. The Kier molecular flexibility index (Phi) is 8.05. The lowest BCUT2D eigenvalue weighted by molar-refractivity contribution is -0.535. The zero-order valence-electron chi connectivity index (χ0n) is 9.24. The number of carbonyl (C=O) groups is 1. The molecular weight excluding hydrogens is 214 g/mol. The van der Waals surface area contributed by atoms with Crippen LogP contribution in [-0.2, 0) is 9.53 Å². The fourth-order valence-corrected chi connectivity index (χ4v) is 1.23. The molecule has 0 amide bonds. The molecule has 0 saturated carbocycles. The number of rotatable bonds is 9. The van der Waals surface area contributed by atoms with Crippen LogP contribution < -0.4 is 0 Å². The zero-order chi connectivity index (χ0) is 12.4. The van der Waals surface area contributed by atoms with E-state index in [1.807, 2.05) is 13.0 Å². The van der Waals surface area contributed by atoms with E-state index in [1.165, 1.54) is 0 Å². The van der Waals surface area contributed by atoms with E-state index >= 15 is 0 Å². The Morgan fingerprint density at radius 3 is 2.69 bits per heavy atom. The molecule has 0 aromatic carbocycles. The van der Waals surface area contributed by atoms with Gasteiger partial charge in [0.1, 0.15) is 6.10 Å². The lowest BCUT2D eigenvalue weighted by Crippen LogP contribution is -2.34. The summed E-state index contributed by atoms with van der Waals surface area (Å²) in [6, 6.07) is -1.10. The summed E-state index contributed by atoms with van der Waals surface area (Å²) in [5.41, 5.74) is 0. The first kappa shape index (κ1) is 14.6. The van der Waals surface area contributed by atoms with E-state index in [0.29, 0.717) is 0 Å². The third kappa shape index (κ3) is 6.13. The van der Waals surface area contributed by atoms with Gasteiger partial charge in [-0.05, 0) is 12.8 Å². The van der Waals surface area contributed by atoms with Gasteiger partial charge in [-0.15, -0.1) is 0 Å². The standard InChI is InChI=1S/C10H17NO5/c1-2-3-4-5-10(13)9(11(14)15)6-7-16-8-12/h3-4,8-10,13H,2,5-7H2,1H3/b4-3-. The van der Waals surface area contributed by atoms with Crippen LogP contribution in [-0.4, -0.2) is 35.3 Å². The highest BCUT2D eigenvalue weighted by Crippen LogP contribution is 2.08.